The SMILES string of the molecule is O=C(COc1ccc([N+](=O)[O-])cc1)N1CCCCCCC1. The summed E-state index contributed by atoms with van der Waals surface area (Å²) in [5.41, 5.74) is 0.0115. The van der Waals surface area contributed by atoms with Crippen molar-refractivity contribution in [2.24, 2.45) is 0 Å². The van der Waals surface area contributed by atoms with Gasteiger partial charge >= 0.3 is 0 Å². The van der Waals surface area contributed by atoms with E-state index in [0.29, 0.717) is 5.75 Å². The van der Waals surface area contributed by atoms with Crippen LogP contribution in [0.2, 0.25) is 0 Å². The first-order chi connectivity index (χ1) is 10.2. The Morgan fingerprint density at radius 3 is 2.24 bits per heavy atom. The van der Waals surface area contributed by atoms with E-state index in [1.807, 2.05) is 4.90 Å². The molecule has 0 N–H and O–H groups in total. The second-order valence-corrected chi connectivity index (χ2v) is 5.19. The van der Waals surface area contributed by atoms with E-state index in [1.165, 1.54) is 43.5 Å². The van der Waals surface area contributed by atoms with Crippen molar-refractivity contribution in [2.45, 2.75) is 32.1 Å². The third-order valence-electron chi connectivity index (χ3n) is 3.62. The van der Waals surface area contributed by atoms with Crippen LogP contribution in [0.25, 0.3) is 0 Å². The number of nitrogens with zero attached hydrogens (tertiary/aromatic N) is 2. The van der Waals surface area contributed by atoms with Crippen LogP contribution in [-0.4, -0.2) is 35.4 Å². The molecule has 1 aliphatic heterocycles. The predicted molar refractivity (Wildman–Crippen MR) is 78.3 cm³/mol. The molecule has 0 unspecified atom stereocenters. The summed E-state index contributed by atoms with van der Waals surface area (Å²) in [4.78, 5) is 24.0. The zero-order chi connectivity index (χ0) is 15.1. The lowest BCUT2D eigenvalue weighted by molar-refractivity contribution is -0.384. The van der Waals surface area contributed by atoms with Crippen LogP contribution in [0.15, 0.2) is 24.3 Å². The molecule has 1 aliphatic rings. The minimum absolute atomic E-state index is 0.0115. The van der Waals surface area contributed by atoms with Crippen LogP contribution >= 0.6 is 0 Å². The largest absolute Gasteiger partial charge is 0.484 e. The van der Waals surface area contributed by atoms with Crippen LogP contribution in [-0.2, 0) is 4.79 Å². The Balaban J connectivity index is 1.83. The van der Waals surface area contributed by atoms with E-state index in [9.17, 15) is 14.9 Å². The van der Waals surface area contributed by atoms with Crippen molar-refractivity contribution < 1.29 is 14.5 Å². The summed E-state index contributed by atoms with van der Waals surface area (Å²) in [6.45, 7) is 1.57. The van der Waals surface area contributed by atoms with E-state index in [0.717, 1.165) is 25.9 Å². The number of ether oxygens (including phenoxy) is 1. The molecule has 0 aromatic heterocycles. The summed E-state index contributed by atoms with van der Waals surface area (Å²) in [5, 5.41) is 10.5. The van der Waals surface area contributed by atoms with Gasteiger partial charge in [0.15, 0.2) is 6.61 Å². The lowest BCUT2D eigenvalue weighted by Gasteiger charge is -2.24. The van der Waals surface area contributed by atoms with Crippen molar-refractivity contribution in [2.75, 3.05) is 19.7 Å². The first-order valence-electron chi connectivity index (χ1n) is 7.32. The molecule has 21 heavy (non-hydrogen) atoms. The molecular weight excluding hydrogens is 272 g/mol. The number of carbonyl (C=O) groups is 1. The van der Waals surface area contributed by atoms with Crippen molar-refractivity contribution in [1.29, 1.82) is 0 Å². The number of likely N-dealkylation sites (tertiary alicyclic amines) is 1. The van der Waals surface area contributed by atoms with Gasteiger partial charge in [-0.3, -0.25) is 14.9 Å². The number of amides is 1. The van der Waals surface area contributed by atoms with Gasteiger partial charge in [0.05, 0.1) is 4.92 Å². The van der Waals surface area contributed by atoms with Crippen LogP contribution in [0.1, 0.15) is 32.1 Å². The van der Waals surface area contributed by atoms with Gasteiger partial charge in [-0.2, -0.15) is 0 Å². The maximum Gasteiger partial charge on any atom is 0.269 e. The number of non-ortho nitro benzene ring substituents is 1. The van der Waals surface area contributed by atoms with E-state index in [2.05, 4.69) is 0 Å². The van der Waals surface area contributed by atoms with Gasteiger partial charge in [-0.15, -0.1) is 0 Å². The van der Waals surface area contributed by atoms with Crippen LogP contribution < -0.4 is 4.74 Å². The van der Waals surface area contributed by atoms with Crippen LogP contribution in [0.3, 0.4) is 0 Å². The summed E-state index contributed by atoms with van der Waals surface area (Å²) in [7, 11) is 0. The minimum Gasteiger partial charge on any atom is -0.484 e. The average molecular weight is 292 g/mol. The Hall–Kier alpha value is -2.11. The summed E-state index contributed by atoms with van der Waals surface area (Å²) in [6, 6.07) is 5.77. The number of rotatable bonds is 4. The van der Waals surface area contributed by atoms with Crippen LogP contribution in [0.5, 0.6) is 5.75 Å². The first kappa shape index (κ1) is 15.3. The molecule has 0 spiro atoms. The van der Waals surface area contributed by atoms with Gasteiger partial charge in [-0.1, -0.05) is 19.3 Å². The second kappa shape index (κ2) is 7.61. The predicted octanol–water partition coefficient (Wildman–Crippen LogP) is 2.77. The molecule has 2 rings (SSSR count). The Morgan fingerprint density at radius 1 is 1.10 bits per heavy atom. The molecule has 6 heteroatoms. The minimum atomic E-state index is -0.463. The first-order valence-corrected chi connectivity index (χ1v) is 7.32. The maximum atomic E-state index is 12.1. The molecule has 0 saturated carbocycles. The number of carbonyl (C=O) groups excluding carboxylic acids is 1. The van der Waals surface area contributed by atoms with Crippen LogP contribution in [0, 0.1) is 10.1 Å². The molecule has 1 saturated heterocycles. The van der Waals surface area contributed by atoms with Gasteiger partial charge in [0, 0.05) is 25.2 Å². The van der Waals surface area contributed by atoms with Gasteiger partial charge in [0.25, 0.3) is 11.6 Å². The van der Waals surface area contributed by atoms with Crippen molar-refractivity contribution in [3.8, 4) is 5.75 Å². The molecule has 1 aromatic carbocycles. The van der Waals surface area contributed by atoms with E-state index in [-0.39, 0.29) is 18.2 Å². The van der Waals surface area contributed by atoms with E-state index >= 15 is 0 Å². The third-order valence-corrected chi connectivity index (χ3v) is 3.62. The lowest BCUT2D eigenvalue weighted by Crippen LogP contribution is -2.37. The number of nitro benzene ring substituents is 1. The Labute approximate surface area is 123 Å². The van der Waals surface area contributed by atoms with Crippen molar-refractivity contribution in [3.05, 3.63) is 34.4 Å². The van der Waals surface area contributed by atoms with E-state index < -0.39 is 4.92 Å². The van der Waals surface area contributed by atoms with Crippen molar-refractivity contribution in [1.82, 2.24) is 4.90 Å². The van der Waals surface area contributed by atoms with Gasteiger partial charge in [-0.05, 0) is 25.0 Å². The third kappa shape index (κ3) is 4.73. The normalized spacial score (nSPS) is 15.9. The highest BCUT2D eigenvalue weighted by atomic mass is 16.6. The monoisotopic (exact) mass is 292 g/mol. The summed E-state index contributed by atoms with van der Waals surface area (Å²) in [6.07, 6.45) is 5.69. The van der Waals surface area contributed by atoms with Gasteiger partial charge in [0.2, 0.25) is 0 Å². The van der Waals surface area contributed by atoms with Gasteiger partial charge < -0.3 is 9.64 Å². The Morgan fingerprint density at radius 2 is 1.67 bits per heavy atom. The molecule has 1 aromatic rings. The molecule has 0 radical (unpaired) electrons. The van der Waals surface area contributed by atoms with Gasteiger partial charge in [0.1, 0.15) is 5.75 Å². The standard InChI is InChI=1S/C15H20N2O4/c18-15(16-10-4-2-1-3-5-11-16)12-21-14-8-6-13(7-9-14)17(19)20/h6-9H,1-5,10-12H2. The average Bonchev–Trinajstić information content (AvgIpc) is 2.45. The number of benzene rings is 1. The Bertz CT molecular complexity index is 479. The zero-order valence-corrected chi connectivity index (χ0v) is 12.0. The van der Waals surface area contributed by atoms with Crippen LogP contribution in [0.4, 0.5) is 5.69 Å². The highest BCUT2D eigenvalue weighted by Gasteiger charge is 2.15. The lowest BCUT2D eigenvalue weighted by atomic mass is 10.1. The fourth-order valence-electron chi connectivity index (χ4n) is 2.40. The molecule has 1 heterocycles. The summed E-state index contributed by atoms with van der Waals surface area (Å²) >= 11 is 0. The van der Waals surface area contributed by atoms with E-state index in [1.54, 1.807) is 0 Å². The fourth-order valence-corrected chi connectivity index (χ4v) is 2.40. The zero-order valence-electron chi connectivity index (χ0n) is 12.0. The fraction of sp³-hybridized carbons (Fsp3) is 0.533. The quantitative estimate of drug-likeness (QED) is 0.632. The molecule has 1 amide bonds. The molecular formula is C15H20N2O4. The molecule has 6 nitrogen and oxygen atoms in total. The summed E-state index contributed by atoms with van der Waals surface area (Å²) < 4.78 is 5.41. The molecule has 1 fully saturated rings. The smallest absolute Gasteiger partial charge is 0.269 e. The topological polar surface area (TPSA) is 72.7 Å². The summed E-state index contributed by atoms with van der Waals surface area (Å²) in [5.74, 6) is 0.455. The number of hydrogen-bond acceptors (Lipinski definition) is 4. The molecule has 0 bridgehead atoms. The van der Waals surface area contributed by atoms with Gasteiger partial charge in [-0.25, -0.2) is 0 Å². The second-order valence-electron chi connectivity index (χ2n) is 5.19. The number of hydrogen-bond donors (Lipinski definition) is 0. The van der Waals surface area contributed by atoms with E-state index in [4.69, 9.17) is 4.74 Å². The number of nitro groups is 1. The molecule has 0 atom stereocenters. The highest BCUT2D eigenvalue weighted by Crippen LogP contribution is 2.17. The molecule has 114 valence electrons. The van der Waals surface area contributed by atoms with Crippen molar-refractivity contribution >= 4 is 11.6 Å². The Kier molecular flexibility index (Phi) is 5.54. The molecule has 0 aliphatic carbocycles. The highest BCUT2D eigenvalue weighted by molar-refractivity contribution is 5.77. The van der Waals surface area contributed by atoms with Crippen molar-refractivity contribution in [3.63, 3.8) is 0 Å². The maximum absolute atomic E-state index is 12.1.